The van der Waals surface area contributed by atoms with Crippen LogP contribution in [0.3, 0.4) is 0 Å². The number of nitrogens with zero attached hydrogens (tertiary/aromatic N) is 3. The summed E-state index contributed by atoms with van der Waals surface area (Å²) in [7, 11) is 0. The van der Waals surface area contributed by atoms with Gasteiger partial charge < -0.3 is 15.7 Å². The molecule has 3 rings (SSSR count). The van der Waals surface area contributed by atoms with Gasteiger partial charge >= 0.3 is 6.18 Å². The Labute approximate surface area is 165 Å². The number of alkyl halides is 3. The van der Waals surface area contributed by atoms with Gasteiger partial charge in [0, 0.05) is 24.0 Å². The molecule has 0 aliphatic rings. The fourth-order valence-electron chi connectivity index (χ4n) is 2.64. The van der Waals surface area contributed by atoms with Crippen LogP contribution in [0.15, 0.2) is 48.7 Å². The molecule has 1 atom stereocenters. The summed E-state index contributed by atoms with van der Waals surface area (Å²) in [5.74, 6) is 0.519. The van der Waals surface area contributed by atoms with Crippen LogP contribution in [0.2, 0.25) is 0 Å². The lowest BCUT2D eigenvalue weighted by Gasteiger charge is -2.15. The van der Waals surface area contributed by atoms with Crippen LogP contribution >= 0.6 is 0 Å². The molecule has 0 aliphatic carbocycles. The van der Waals surface area contributed by atoms with Crippen LogP contribution in [0.25, 0.3) is 11.4 Å². The number of pyridine rings is 1. The van der Waals surface area contributed by atoms with Crippen LogP contribution in [0.1, 0.15) is 18.1 Å². The molecule has 3 aromatic rings. The number of halogens is 3. The van der Waals surface area contributed by atoms with Crippen LogP contribution in [-0.2, 0) is 6.18 Å². The van der Waals surface area contributed by atoms with E-state index >= 15 is 0 Å². The molecule has 0 radical (unpaired) electrons. The number of anilines is 3. The smallest absolute Gasteiger partial charge is 0.394 e. The highest BCUT2D eigenvalue weighted by molar-refractivity contribution is 5.66. The fraction of sp³-hybridized carbons (Fsp3) is 0.250. The molecular weight excluding hydrogens is 383 g/mol. The number of aliphatic hydroxyl groups is 1. The fourth-order valence-corrected chi connectivity index (χ4v) is 2.64. The summed E-state index contributed by atoms with van der Waals surface area (Å²) in [5, 5.41) is 15.1. The molecule has 0 bridgehead atoms. The van der Waals surface area contributed by atoms with Gasteiger partial charge in [-0.2, -0.15) is 18.2 Å². The monoisotopic (exact) mass is 403 g/mol. The van der Waals surface area contributed by atoms with Crippen molar-refractivity contribution >= 4 is 17.5 Å². The van der Waals surface area contributed by atoms with E-state index in [0.717, 1.165) is 6.07 Å². The van der Waals surface area contributed by atoms with Gasteiger partial charge in [0.15, 0.2) is 0 Å². The molecule has 2 heterocycles. The van der Waals surface area contributed by atoms with E-state index in [2.05, 4.69) is 25.6 Å². The lowest BCUT2D eigenvalue weighted by molar-refractivity contribution is -0.138. The Hall–Kier alpha value is -3.20. The third-order valence-corrected chi connectivity index (χ3v) is 4.12. The van der Waals surface area contributed by atoms with Gasteiger partial charge in [0.25, 0.3) is 0 Å². The number of aromatic nitrogens is 3. The van der Waals surface area contributed by atoms with E-state index in [-0.39, 0.29) is 29.8 Å². The van der Waals surface area contributed by atoms with Crippen molar-refractivity contribution < 1.29 is 18.3 Å². The summed E-state index contributed by atoms with van der Waals surface area (Å²) < 4.78 is 39.6. The molecule has 0 spiro atoms. The SMILES string of the molecule is Cc1ccc(Nc2cc(-c3ccccn3)nc(N[C@H](C)CO)n2)cc1C(F)(F)F. The molecule has 0 saturated heterocycles. The maximum Gasteiger partial charge on any atom is 0.416 e. The molecule has 3 N–H and O–H groups in total. The van der Waals surface area contributed by atoms with E-state index in [1.807, 2.05) is 0 Å². The summed E-state index contributed by atoms with van der Waals surface area (Å²) in [6, 6.07) is 10.6. The first kappa shape index (κ1) is 20.5. The summed E-state index contributed by atoms with van der Waals surface area (Å²) in [6.45, 7) is 3.03. The number of rotatable bonds is 6. The van der Waals surface area contributed by atoms with Gasteiger partial charge in [-0.3, -0.25) is 4.98 Å². The second-order valence-corrected chi connectivity index (χ2v) is 6.56. The van der Waals surface area contributed by atoms with Crippen LogP contribution in [0, 0.1) is 6.92 Å². The van der Waals surface area contributed by atoms with Gasteiger partial charge in [0.2, 0.25) is 5.95 Å². The van der Waals surface area contributed by atoms with Crippen molar-refractivity contribution in [2.24, 2.45) is 0 Å². The molecule has 152 valence electrons. The third kappa shape index (κ3) is 5.20. The number of aliphatic hydroxyl groups excluding tert-OH is 1. The average Bonchev–Trinajstić information content (AvgIpc) is 2.69. The minimum Gasteiger partial charge on any atom is -0.394 e. The highest BCUT2D eigenvalue weighted by atomic mass is 19.4. The summed E-state index contributed by atoms with van der Waals surface area (Å²) in [4.78, 5) is 12.9. The third-order valence-electron chi connectivity index (χ3n) is 4.12. The molecule has 29 heavy (non-hydrogen) atoms. The maximum absolute atomic E-state index is 13.2. The number of aryl methyl sites for hydroxylation is 1. The molecule has 0 fully saturated rings. The van der Waals surface area contributed by atoms with Gasteiger partial charge in [-0.1, -0.05) is 12.1 Å². The van der Waals surface area contributed by atoms with Crippen molar-refractivity contribution in [2.45, 2.75) is 26.1 Å². The highest BCUT2D eigenvalue weighted by Crippen LogP contribution is 2.34. The van der Waals surface area contributed by atoms with Crippen LogP contribution in [0.4, 0.5) is 30.6 Å². The maximum atomic E-state index is 13.2. The Bertz CT molecular complexity index is 980. The van der Waals surface area contributed by atoms with Crippen LogP contribution in [0.5, 0.6) is 0 Å². The highest BCUT2D eigenvalue weighted by Gasteiger charge is 2.32. The number of hydrogen-bond donors (Lipinski definition) is 3. The van der Waals surface area contributed by atoms with Crippen molar-refractivity contribution in [3.8, 4) is 11.4 Å². The average molecular weight is 403 g/mol. The van der Waals surface area contributed by atoms with Gasteiger partial charge in [0.05, 0.1) is 23.6 Å². The number of hydrogen-bond acceptors (Lipinski definition) is 6. The topological polar surface area (TPSA) is 83.0 Å². The largest absolute Gasteiger partial charge is 0.416 e. The summed E-state index contributed by atoms with van der Waals surface area (Å²) in [5.41, 5.74) is 0.735. The molecular formula is C20H20F3N5O. The van der Waals surface area contributed by atoms with Crippen LogP contribution < -0.4 is 10.6 Å². The lowest BCUT2D eigenvalue weighted by Crippen LogP contribution is -2.21. The zero-order valence-corrected chi connectivity index (χ0v) is 15.8. The minimum atomic E-state index is -4.45. The van der Waals surface area contributed by atoms with E-state index in [1.165, 1.54) is 13.0 Å². The molecule has 0 saturated carbocycles. The molecule has 0 aliphatic heterocycles. The number of nitrogens with one attached hydrogen (secondary N) is 2. The lowest BCUT2D eigenvalue weighted by atomic mass is 10.1. The normalized spacial score (nSPS) is 12.5. The molecule has 0 amide bonds. The first-order chi connectivity index (χ1) is 13.8. The van der Waals surface area contributed by atoms with E-state index < -0.39 is 11.7 Å². The Kier molecular flexibility index (Phi) is 5.97. The first-order valence-electron chi connectivity index (χ1n) is 8.89. The van der Waals surface area contributed by atoms with E-state index in [0.29, 0.717) is 17.2 Å². The molecule has 6 nitrogen and oxygen atoms in total. The quantitative estimate of drug-likeness (QED) is 0.566. The summed E-state index contributed by atoms with van der Waals surface area (Å²) in [6.07, 6.45) is -2.83. The standard InChI is InChI=1S/C20H20F3N5O/c1-12-6-7-14(9-15(12)20(21,22)23)26-18-10-17(16-5-3-4-8-24-16)27-19(28-18)25-13(2)11-29/h3-10,13,29H,11H2,1-2H3,(H2,25,26,27,28)/t13-/m1/s1. The Balaban J connectivity index is 1.99. The van der Waals surface area contributed by atoms with Gasteiger partial charge in [-0.05, 0) is 43.7 Å². The molecule has 0 unspecified atom stereocenters. The van der Waals surface area contributed by atoms with Gasteiger partial charge in [-0.25, -0.2) is 4.98 Å². The Morgan fingerprint density at radius 1 is 1.07 bits per heavy atom. The predicted octanol–water partition coefficient (Wildman–Crippen LogP) is 4.40. The minimum absolute atomic E-state index is 0.132. The van der Waals surface area contributed by atoms with Crippen molar-refractivity contribution in [3.63, 3.8) is 0 Å². The second kappa shape index (κ2) is 8.44. The molecule has 2 aromatic heterocycles. The predicted molar refractivity (Wildman–Crippen MR) is 105 cm³/mol. The van der Waals surface area contributed by atoms with Crippen molar-refractivity contribution in [2.75, 3.05) is 17.2 Å². The first-order valence-corrected chi connectivity index (χ1v) is 8.89. The van der Waals surface area contributed by atoms with E-state index in [1.54, 1.807) is 43.5 Å². The second-order valence-electron chi connectivity index (χ2n) is 6.56. The molecule has 9 heteroatoms. The summed E-state index contributed by atoms with van der Waals surface area (Å²) >= 11 is 0. The number of benzene rings is 1. The van der Waals surface area contributed by atoms with Crippen molar-refractivity contribution in [1.82, 2.24) is 15.0 Å². The Morgan fingerprint density at radius 3 is 2.52 bits per heavy atom. The van der Waals surface area contributed by atoms with Crippen LogP contribution in [-0.4, -0.2) is 32.7 Å². The van der Waals surface area contributed by atoms with E-state index in [9.17, 15) is 18.3 Å². The zero-order valence-electron chi connectivity index (χ0n) is 15.8. The molecule has 1 aromatic carbocycles. The zero-order chi connectivity index (χ0) is 21.0. The van der Waals surface area contributed by atoms with Gasteiger partial charge in [-0.15, -0.1) is 0 Å². The van der Waals surface area contributed by atoms with Gasteiger partial charge in [0.1, 0.15) is 5.82 Å². The Morgan fingerprint density at radius 2 is 1.86 bits per heavy atom. The van der Waals surface area contributed by atoms with E-state index in [4.69, 9.17) is 0 Å². The van der Waals surface area contributed by atoms with Crippen molar-refractivity contribution in [1.29, 1.82) is 0 Å². The van der Waals surface area contributed by atoms with Crippen molar-refractivity contribution in [3.05, 3.63) is 59.8 Å².